The molecule has 0 aliphatic carbocycles. The van der Waals surface area contributed by atoms with E-state index in [0.29, 0.717) is 31.6 Å². The fraction of sp³-hybridized carbons (Fsp3) is 0.241. The molecule has 190 valence electrons. The largest absolute Gasteiger partial charge is 0.481 e. The zero-order valence-electron chi connectivity index (χ0n) is 20.5. The number of nitrogens with one attached hydrogen (secondary N) is 1. The number of nitrogens with zero attached hydrogens (tertiary/aromatic N) is 2. The molecule has 1 atom stereocenters. The summed E-state index contributed by atoms with van der Waals surface area (Å²) in [5.41, 5.74) is 5.15. The van der Waals surface area contributed by atoms with Crippen LogP contribution in [0.2, 0.25) is 0 Å². The highest BCUT2D eigenvalue weighted by Crippen LogP contribution is 2.26. The van der Waals surface area contributed by atoms with Gasteiger partial charge in [0.05, 0.1) is 18.6 Å². The topological polar surface area (TPSA) is 125 Å². The smallest absolute Gasteiger partial charge is 0.304 e. The minimum Gasteiger partial charge on any atom is -0.481 e. The molecule has 8 heteroatoms. The monoisotopic (exact) mass is 498 g/mol. The quantitative estimate of drug-likeness (QED) is 0.237. The number of amides is 2. The van der Waals surface area contributed by atoms with E-state index in [1.165, 1.54) is 0 Å². The molecule has 1 aliphatic heterocycles. The van der Waals surface area contributed by atoms with Crippen LogP contribution in [0.5, 0.6) is 0 Å². The van der Waals surface area contributed by atoms with E-state index >= 15 is 0 Å². The van der Waals surface area contributed by atoms with Crippen LogP contribution in [0.4, 0.5) is 0 Å². The molecule has 3 aromatic rings. The van der Waals surface area contributed by atoms with Gasteiger partial charge in [-0.2, -0.15) is 5.10 Å². The van der Waals surface area contributed by atoms with Gasteiger partial charge in [0.1, 0.15) is 0 Å². The first-order valence-electron chi connectivity index (χ1n) is 12.2. The Balaban J connectivity index is 1.48. The average Bonchev–Trinajstić information content (AvgIpc) is 3.03. The zero-order chi connectivity index (χ0) is 26.2. The molecule has 0 aromatic heterocycles. The third-order valence-corrected chi connectivity index (χ3v) is 6.55. The number of fused-ring (bicyclic) bond motifs is 1. The average molecular weight is 499 g/mol. The van der Waals surface area contributed by atoms with E-state index in [0.717, 1.165) is 27.8 Å². The Morgan fingerprint density at radius 1 is 1.03 bits per heavy atom. The SMILES string of the molecule is NN=Cc1ccc(CNC(=O)c2ccc3c(c2)CC(CC(=O)O)C(=O)N(CCc2ccccc2)C3)cc1. The second kappa shape index (κ2) is 12.0. The highest BCUT2D eigenvalue weighted by atomic mass is 16.4. The highest BCUT2D eigenvalue weighted by Gasteiger charge is 2.31. The number of nitrogens with two attached hydrogens (primary N) is 1. The molecular weight excluding hydrogens is 468 g/mol. The molecule has 0 saturated heterocycles. The Hall–Kier alpha value is -4.46. The zero-order valence-corrected chi connectivity index (χ0v) is 20.5. The van der Waals surface area contributed by atoms with Gasteiger partial charge in [-0.25, -0.2) is 0 Å². The molecule has 37 heavy (non-hydrogen) atoms. The van der Waals surface area contributed by atoms with E-state index < -0.39 is 11.9 Å². The van der Waals surface area contributed by atoms with Gasteiger partial charge in [-0.3, -0.25) is 14.4 Å². The van der Waals surface area contributed by atoms with Crippen LogP contribution in [0.15, 0.2) is 77.9 Å². The Bertz CT molecular complexity index is 1290. The standard InChI is InChI=1S/C29H30N4O4/c30-32-18-22-8-6-21(7-9-22)17-31-28(36)23-10-11-24-19-33(13-12-20-4-2-1-3-5-20)29(37)26(16-27(34)35)15-25(24)14-23/h1-11,14,18,26H,12-13,15-17,19,30H2,(H,31,36)(H,34,35). The first kappa shape index (κ1) is 25.6. The van der Waals surface area contributed by atoms with E-state index in [4.69, 9.17) is 5.84 Å². The minimum absolute atomic E-state index is 0.163. The number of carbonyl (C=O) groups is 3. The van der Waals surface area contributed by atoms with E-state index in [-0.39, 0.29) is 24.7 Å². The Labute approximate surface area is 215 Å². The van der Waals surface area contributed by atoms with Crippen molar-refractivity contribution < 1.29 is 19.5 Å². The number of hydrogen-bond donors (Lipinski definition) is 3. The van der Waals surface area contributed by atoms with Gasteiger partial charge in [-0.1, -0.05) is 60.7 Å². The lowest BCUT2D eigenvalue weighted by molar-refractivity contribution is -0.144. The van der Waals surface area contributed by atoms with Crippen molar-refractivity contribution in [2.24, 2.45) is 16.9 Å². The maximum atomic E-state index is 13.3. The van der Waals surface area contributed by atoms with Gasteiger partial charge in [0.15, 0.2) is 0 Å². The van der Waals surface area contributed by atoms with E-state index in [9.17, 15) is 19.5 Å². The first-order valence-corrected chi connectivity index (χ1v) is 12.2. The molecule has 4 N–H and O–H groups in total. The van der Waals surface area contributed by atoms with E-state index in [2.05, 4.69) is 10.4 Å². The lowest BCUT2D eigenvalue weighted by Gasteiger charge is -2.24. The summed E-state index contributed by atoms with van der Waals surface area (Å²) < 4.78 is 0. The number of hydrazone groups is 1. The van der Waals surface area contributed by atoms with Crippen LogP contribution < -0.4 is 11.2 Å². The number of hydrogen-bond acceptors (Lipinski definition) is 5. The van der Waals surface area contributed by atoms with Crippen LogP contribution in [-0.4, -0.2) is 40.5 Å². The third-order valence-electron chi connectivity index (χ3n) is 6.55. The molecule has 1 heterocycles. The lowest BCUT2D eigenvalue weighted by Crippen LogP contribution is -2.37. The Morgan fingerprint density at radius 3 is 2.49 bits per heavy atom. The lowest BCUT2D eigenvalue weighted by atomic mass is 9.93. The van der Waals surface area contributed by atoms with Crippen molar-refractivity contribution in [1.29, 1.82) is 0 Å². The maximum Gasteiger partial charge on any atom is 0.304 e. The summed E-state index contributed by atoms with van der Waals surface area (Å²) in [5, 5.41) is 15.9. The maximum absolute atomic E-state index is 13.3. The summed E-state index contributed by atoms with van der Waals surface area (Å²) in [4.78, 5) is 39.4. The van der Waals surface area contributed by atoms with Crippen LogP contribution in [0, 0.1) is 5.92 Å². The summed E-state index contributed by atoms with van der Waals surface area (Å²) in [7, 11) is 0. The van der Waals surface area contributed by atoms with Gasteiger partial charge in [-0.05, 0) is 52.8 Å². The molecule has 1 unspecified atom stereocenters. The van der Waals surface area contributed by atoms with E-state index in [1.54, 1.807) is 23.2 Å². The van der Waals surface area contributed by atoms with Crippen molar-refractivity contribution in [3.05, 3.63) is 106 Å². The Kier molecular flexibility index (Phi) is 8.30. The number of carboxylic acid groups (broad SMARTS) is 1. The number of rotatable bonds is 9. The first-order chi connectivity index (χ1) is 17.9. The van der Waals surface area contributed by atoms with Crippen molar-refractivity contribution >= 4 is 24.0 Å². The summed E-state index contributed by atoms with van der Waals surface area (Å²) >= 11 is 0. The second-order valence-electron chi connectivity index (χ2n) is 9.18. The Morgan fingerprint density at radius 2 is 1.78 bits per heavy atom. The van der Waals surface area contributed by atoms with Crippen LogP contribution in [0.3, 0.4) is 0 Å². The third kappa shape index (κ3) is 6.82. The molecule has 2 amide bonds. The molecule has 8 nitrogen and oxygen atoms in total. The summed E-state index contributed by atoms with van der Waals surface area (Å²) in [6.45, 7) is 1.23. The van der Waals surface area contributed by atoms with Gasteiger partial charge in [-0.15, -0.1) is 0 Å². The summed E-state index contributed by atoms with van der Waals surface area (Å²) in [5.74, 6) is 3.08. The van der Waals surface area contributed by atoms with Gasteiger partial charge in [0.2, 0.25) is 5.91 Å². The molecule has 0 saturated carbocycles. The van der Waals surface area contributed by atoms with Crippen molar-refractivity contribution in [3.8, 4) is 0 Å². The van der Waals surface area contributed by atoms with Gasteiger partial charge in [0, 0.05) is 25.2 Å². The van der Waals surface area contributed by atoms with Gasteiger partial charge >= 0.3 is 5.97 Å². The molecule has 4 rings (SSSR count). The van der Waals surface area contributed by atoms with Crippen molar-refractivity contribution in [3.63, 3.8) is 0 Å². The van der Waals surface area contributed by atoms with Crippen molar-refractivity contribution in [1.82, 2.24) is 10.2 Å². The number of carbonyl (C=O) groups excluding carboxylic acids is 2. The number of benzene rings is 3. The van der Waals surface area contributed by atoms with E-state index in [1.807, 2.05) is 60.7 Å². The van der Waals surface area contributed by atoms with Crippen LogP contribution in [0.1, 0.15) is 44.6 Å². The second-order valence-corrected chi connectivity index (χ2v) is 9.18. The minimum atomic E-state index is -1.01. The molecule has 0 bridgehead atoms. The predicted octanol–water partition coefficient (Wildman–Crippen LogP) is 3.13. The molecule has 0 radical (unpaired) electrons. The predicted molar refractivity (Wildman–Crippen MR) is 141 cm³/mol. The summed E-state index contributed by atoms with van der Waals surface area (Å²) in [6.07, 6.45) is 2.26. The van der Waals surface area contributed by atoms with Crippen LogP contribution in [-0.2, 0) is 35.5 Å². The number of carboxylic acids is 1. The molecule has 1 aliphatic rings. The molecular formula is C29H30N4O4. The van der Waals surface area contributed by atoms with Crippen LogP contribution in [0.25, 0.3) is 0 Å². The van der Waals surface area contributed by atoms with Crippen molar-refractivity contribution in [2.45, 2.75) is 32.4 Å². The normalized spacial score (nSPS) is 15.3. The summed E-state index contributed by atoms with van der Waals surface area (Å²) in [6, 6.07) is 22.8. The molecule has 0 spiro atoms. The molecule has 3 aromatic carbocycles. The highest BCUT2D eigenvalue weighted by molar-refractivity contribution is 5.94. The van der Waals surface area contributed by atoms with Crippen LogP contribution >= 0.6 is 0 Å². The van der Waals surface area contributed by atoms with Crippen molar-refractivity contribution in [2.75, 3.05) is 6.54 Å². The van der Waals surface area contributed by atoms with Gasteiger partial charge in [0.25, 0.3) is 5.91 Å². The fourth-order valence-corrected chi connectivity index (χ4v) is 4.57. The number of aliphatic carboxylic acids is 1. The molecule has 0 fully saturated rings. The van der Waals surface area contributed by atoms with Gasteiger partial charge < -0.3 is 21.2 Å². The fourth-order valence-electron chi connectivity index (χ4n) is 4.57.